The highest BCUT2D eigenvalue weighted by Crippen LogP contribution is 2.28. The first-order valence-corrected chi connectivity index (χ1v) is 9.43. The van der Waals surface area contributed by atoms with E-state index in [1.54, 1.807) is 37.3 Å². The molecular weight excluding hydrogens is 390 g/mol. The maximum Gasteiger partial charge on any atom is 0.411 e. The summed E-state index contributed by atoms with van der Waals surface area (Å²) in [5, 5.41) is 2.51. The molecule has 0 saturated heterocycles. The maximum atomic E-state index is 12.4. The van der Waals surface area contributed by atoms with E-state index in [0.717, 1.165) is 6.42 Å². The van der Waals surface area contributed by atoms with Crippen LogP contribution in [0.3, 0.4) is 0 Å². The number of nitrogens with one attached hydrogen (secondary N) is 3. The van der Waals surface area contributed by atoms with E-state index in [0.29, 0.717) is 23.8 Å². The molecule has 0 radical (unpaired) electrons. The molecule has 0 saturated carbocycles. The topological polar surface area (TPSA) is 115 Å². The molecule has 3 amide bonds. The Labute approximate surface area is 174 Å². The second kappa shape index (κ2) is 11.3. The summed E-state index contributed by atoms with van der Waals surface area (Å²) in [4.78, 5) is 36.2. The first kappa shape index (κ1) is 22.5. The lowest BCUT2D eigenvalue weighted by atomic mass is 10.2. The van der Waals surface area contributed by atoms with E-state index in [4.69, 9.17) is 14.2 Å². The molecule has 0 atom stereocenters. The van der Waals surface area contributed by atoms with Crippen LogP contribution < -0.4 is 25.6 Å². The highest BCUT2D eigenvalue weighted by Gasteiger charge is 2.13. The van der Waals surface area contributed by atoms with Gasteiger partial charge in [-0.15, -0.1) is 0 Å². The molecule has 160 valence electrons. The van der Waals surface area contributed by atoms with Gasteiger partial charge in [-0.05, 0) is 49.7 Å². The largest absolute Gasteiger partial charge is 0.493 e. The van der Waals surface area contributed by atoms with E-state index < -0.39 is 17.9 Å². The third-order valence-corrected chi connectivity index (χ3v) is 3.82. The third kappa shape index (κ3) is 6.40. The summed E-state index contributed by atoms with van der Waals surface area (Å²) in [7, 11) is 1.48. The smallest absolute Gasteiger partial charge is 0.411 e. The molecule has 9 heteroatoms. The summed E-state index contributed by atoms with van der Waals surface area (Å²) in [6.07, 6.45) is 0.220. The van der Waals surface area contributed by atoms with Crippen molar-refractivity contribution in [1.29, 1.82) is 0 Å². The van der Waals surface area contributed by atoms with Crippen molar-refractivity contribution < 1.29 is 28.6 Å². The quantitative estimate of drug-likeness (QED) is 0.571. The Hall–Kier alpha value is -3.75. The molecule has 2 aromatic rings. The van der Waals surface area contributed by atoms with Crippen LogP contribution in [-0.2, 0) is 4.74 Å². The average molecular weight is 415 g/mol. The summed E-state index contributed by atoms with van der Waals surface area (Å²) in [6, 6.07) is 10.9. The Morgan fingerprint density at radius 3 is 2.23 bits per heavy atom. The predicted octanol–water partition coefficient (Wildman–Crippen LogP) is 3.13. The molecule has 0 bridgehead atoms. The second-order valence-electron chi connectivity index (χ2n) is 6.05. The van der Waals surface area contributed by atoms with Crippen molar-refractivity contribution in [2.45, 2.75) is 20.3 Å². The molecule has 2 rings (SSSR count). The molecule has 0 fully saturated rings. The number of hydrogen-bond acceptors (Lipinski definition) is 6. The minimum Gasteiger partial charge on any atom is -0.493 e. The second-order valence-corrected chi connectivity index (χ2v) is 6.05. The van der Waals surface area contributed by atoms with Crippen LogP contribution in [0.15, 0.2) is 42.5 Å². The van der Waals surface area contributed by atoms with Crippen LogP contribution in [0.5, 0.6) is 11.5 Å². The summed E-state index contributed by atoms with van der Waals surface area (Å²) < 4.78 is 15.6. The summed E-state index contributed by atoms with van der Waals surface area (Å²) in [6.45, 7) is 4.43. The Morgan fingerprint density at radius 1 is 0.900 bits per heavy atom. The van der Waals surface area contributed by atoms with Crippen molar-refractivity contribution in [3.8, 4) is 11.5 Å². The lowest BCUT2D eigenvalue weighted by Gasteiger charge is -2.12. The maximum absolute atomic E-state index is 12.4. The number of ether oxygens (including phenoxy) is 3. The fourth-order valence-corrected chi connectivity index (χ4v) is 2.42. The Bertz CT molecular complexity index is 900. The molecule has 0 heterocycles. The van der Waals surface area contributed by atoms with Gasteiger partial charge in [-0.1, -0.05) is 13.0 Å². The number of amides is 3. The normalized spacial score (nSPS) is 9.97. The van der Waals surface area contributed by atoms with Crippen LogP contribution in [0.25, 0.3) is 0 Å². The van der Waals surface area contributed by atoms with Crippen molar-refractivity contribution in [2.75, 3.05) is 25.6 Å². The molecule has 0 aliphatic heterocycles. The highest BCUT2D eigenvalue weighted by molar-refractivity contribution is 6.00. The lowest BCUT2D eigenvalue weighted by molar-refractivity contribution is 0.0846. The van der Waals surface area contributed by atoms with Gasteiger partial charge in [0.1, 0.15) is 0 Å². The molecular formula is C21H25N3O6. The van der Waals surface area contributed by atoms with Gasteiger partial charge in [-0.2, -0.15) is 0 Å². The molecule has 30 heavy (non-hydrogen) atoms. The first-order chi connectivity index (χ1) is 14.5. The predicted molar refractivity (Wildman–Crippen MR) is 111 cm³/mol. The van der Waals surface area contributed by atoms with Gasteiger partial charge >= 0.3 is 6.09 Å². The zero-order chi connectivity index (χ0) is 21.9. The van der Waals surface area contributed by atoms with E-state index in [1.807, 2.05) is 6.92 Å². The van der Waals surface area contributed by atoms with Gasteiger partial charge in [0.25, 0.3) is 11.8 Å². The van der Waals surface area contributed by atoms with Crippen LogP contribution in [0, 0.1) is 0 Å². The average Bonchev–Trinajstić information content (AvgIpc) is 2.75. The lowest BCUT2D eigenvalue weighted by Crippen LogP contribution is -2.41. The zero-order valence-corrected chi connectivity index (χ0v) is 17.1. The van der Waals surface area contributed by atoms with E-state index in [-0.39, 0.29) is 17.7 Å². The molecule has 0 unspecified atom stereocenters. The van der Waals surface area contributed by atoms with Gasteiger partial charge < -0.3 is 14.2 Å². The number of hydrazine groups is 1. The summed E-state index contributed by atoms with van der Waals surface area (Å²) in [5.74, 6) is -0.124. The van der Waals surface area contributed by atoms with Gasteiger partial charge in [0.05, 0.1) is 20.3 Å². The SMILES string of the molecule is CCCOc1ccc(C(=O)NNC(=O)c2cccc(NC(=O)OCC)c2)cc1OC. The molecule has 0 aliphatic rings. The number of carbonyl (C=O) groups is 3. The number of methoxy groups -OCH3 is 1. The Morgan fingerprint density at radius 2 is 1.60 bits per heavy atom. The third-order valence-electron chi connectivity index (χ3n) is 3.82. The van der Waals surface area contributed by atoms with Crippen molar-refractivity contribution in [3.05, 3.63) is 53.6 Å². The fourth-order valence-electron chi connectivity index (χ4n) is 2.42. The molecule has 2 aromatic carbocycles. The molecule has 0 aromatic heterocycles. The molecule has 0 spiro atoms. The zero-order valence-electron chi connectivity index (χ0n) is 17.1. The number of benzene rings is 2. The van der Waals surface area contributed by atoms with Crippen molar-refractivity contribution in [3.63, 3.8) is 0 Å². The number of anilines is 1. The van der Waals surface area contributed by atoms with Crippen LogP contribution >= 0.6 is 0 Å². The minimum absolute atomic E-state index is 0.231. The van der Waals surface area contributed by atoms with Crippen molar-refractivity contribution in [1.82, 2.24) is 10.9 Å². The standard InChI is InChI=1S/C21H25N3O6/c1-4-11-30-17-10-9-15(13-18(17)28-3)20(26)24-23-19(25)14-7-6-8-16(12-14)22-21(27)29-5-2/h6-10,12-13H,4-5,11H2,1-3H3,(H,22,27)(H,23,25)(H,24,26). The van der Waals surface area contributed by atoms with E-state index >= 15 is 0 Å². The molecule has 9 nitrogen and oxygen atoms in total. The van der Waals surface area contributed by atoms with Crippen LogP contribution in [0.2, 0.25) is 0 Å². The minimum atomic E-state index is -0.622. The van der Waals surface area contributed by atoms with Crippen molar-refractivity contribution >= 4 is 23.6 Å². The van der Waals surface area contributed by atoms with Gasteiger partial charge in [-0.3, -0.25) is 25.8 Å². The van der Waals surface area contributed by atoms with E-state index in [2.05, 4.69) is 16.2 Å². The highest BCUT2D eigenvalue weighted by atomic mass is 16.5. The molecule has 3 N–H and O–H groups in total. The first-order valence-electron chi connectivity index (χ1n) is 9.43. The van der Waals surface area contributed by atoms with Gasteiger partial charge in [-0.25, -0.2) is 4.79 Å². The van der Waals surface area contributed by atoms with Crippen LogP contribution in [0.4, 0.5) is 10.5 Å². The van der Waals surface area contributed by atoms with Gasteiger partial charge in [0.2, 0.25) is 0 Å². The van der Waals surface area contributed by atoms with Crippen LogP contribution in [0.1, 0.15) is 41.0 Å². The number of carbonyl (C=O) groups excluding carboxylic acids is 3. The number of rotatable bonds is 8. The van der Waals surface area contributed by atoms with E-state index in [1.165, 1.54) is 19.2 Å². The Balaban J connectivity index is 1.99. The monoisotopic (exact) mass is 415 g/mol. The van der Waals surface area contributed by atoms with Crippen molar-refractivity contribution in [2.24, 2.45) is 0 Å². The van der Waals surface area contributed by atoms with Gasteiger partial charge in [0, 0.05) is 16.8 Å². The molecule has 0 aliphatic carbocycles. The van der Waals surface area contributed by atoms with Gasteiger partial charge in [0.15, 0.2) is 11.5 Å². The fraction of sp³-hybridized carbons (Fsp3) is 0.286. The Kier molecular flexibility index (Phi) is 8.49. The summed E-state index contributed by atoms with van der Waals surface area (Å²) in [5.41, 5.74) is 5.60. The summed E-state index contributed by atoms with van der Waals surface area (Å²) >= 11 is 0. The number of hydrogen-bond donors (Lipinski definition) is 3. The van der Waals surface area contributed by atoms with E-state index in [9.17, 15) is 14.4 Å². The van der Waals surface area contributed by atoms with Crippen LogP contribution in [-0.4, -0.2) is 38.2 Å².